The molecule has 172 valence electrons. The minimum Gasteiger partial charge on any atom is -0.399 e. The van der Waals surface area contributed by atoms with E-state index in [-0.39, 0.29) is 22.4 Å². The minimum absolute atomic E-state index is 0.383. The van der Waals surface area contributed by atoms with Crippen molar-refractivity contribution in [2.75, 3.05) is 21.1 Å². The van der Waals surface area contributed by atoms with E-state index in [4.69, 9.17) is 18.6 Å². The smallest absolute Gasteiger partial charge is 0.399 e. The first-order valence-corrected chi connectivity index (χ1v) is 12.2. The third-order valence-electron chi connectivity index (χ3n) is 7.20. The number of rotatable bonds is 5. The molecule has 8 heteroatoms. The number of nitrogens with zero attached hydrogens (tertiary/aromatic N) is 1. The lowest BCUT2D eigenvalue weighted by Crippen LogP contribution is -2.45. The van der Waals surface area contributed by atoms with Crippen molar-refractivity contribution in [1.29, 1.82) is 0 Å². The van der Waals surface area contributed by atoms with Crippen molar-refractivity contribution >= 4 is 41.1 Å². The zero-order valence-electron chi connectivity index (χ0n) is 21.2. The summed E-state index contributed by atoms with van der Waals surface area (Å²) in [5.41, 5.74) is 2.95. The van der Waals surface area contributed by atoms with Crippen LogP contribution in [0, 0.1) is 0 Å². The molecular formula is C23H39B2BrNO4+. The van der Waals surface area contributed by atoms with Crippen LogP contribution in [-0.4, -0.2) is 62.3 Å². The summed E-state index contributed by atoms with van der Waals surface area (Å²) in [5, 5.41) is 0.698. The van der Waals surface area contributed by atoms with Gasteiger partial charge < -0.3 is 23.1 Å². The van der Waals surface area contributed by atoms with E-state index in [0.717, 1.165) is 27.5 Å². The third-order valence-corrected chi connectivity index (χ3v) is 7.81. The summed E-state index contributed by atoms with van der Waals surface area (Å²) < 4.78 is 26.5. The lowest BCUT2D eigenvalue weighted by atomic mass is 9.69. The van der Waals surface area contributed by atoms with Gasteiger partial charge in [-0.2, -0.15) is 0 Å². The third kappa shape index (κ3) is 4.80. The minimum atomic E-state index is -0.406. The number of benzene rings is 1. The van der Waals surface area contributed by atoms with Crippen molar-refractivity contribution in [3.8, 4) is 0 Å². The standard InChI is InChI=1S/C23H39B2BrNO4/c1-20(2)21(3,4)29-24(28-20)18-13-17(15-27(9,10)11)19(12-16(18)14-26)25-30-22(5,6)23(7,8)31-25/h12-13H,14-15H2,1-11H3/q+1. The molecule has 0 unspecified atom stereocenters. The van der Waals surface area contributed by atoms with Crippen molar-refractivity contribution < 1.29 is 23.1 Å². The lowest BCUT2D eigenvalue weighted by Gasteiger charge is -2.32. The van der Waals surface area contributed by atoms with Gasteiger partial charge in [-0.15, -0.1) is 0 Å². The molecule has 0 spiro atoms. The predicted octanol–water partition coefficient (Wildman–Crippen LogP) is 3.39. The Morgan fingerprint density at radius 2 is 1.00 bits per heavy atom. The van der Waals surface area contributed by atoms with Crippen LogP contribution in [0.5, 0.6) is 0 Å². The summed E-state index contributed by atoms with van der Waals surface area (Å²) in [4.78, 5) is 0. The van der Waals surface area contributed by atoms with E-state index >= 15 is 0 Å². The second-order valence-electron chi connectivity index (χ2n) is 12.0. The summed E-state index contributed by atoms with van der Waals surface area (Å²) in [5.74, 6) is 0. The van der Waals surface area contributed by atoms with Gasteiger partial charge in [0.05, 0.1) is 43.5 Å². The topological polar surface area (TPSA) is 36.9 Å². The molecule has 0 aliphatic carbocycles. The molecular weight excluding hydrogens is 456 g/mol. The molecule has 1 aromatic carbocycles. The highest BCUT2D eigenvalue weighted by Crippen LogP contribution is 2.38. The Balaban J connectivity index is 2.09. The van der Waals surface area contributed by atoms with Crippen LogP contribution in [0.4, 0.5) is 0 Å². The van der Waals surface area contributed by atoms with Crippen LogP contribution in [0.2, 0.25) is 0 Å². The molecule has 31 heavy (non-hydrogen) atoms. The normalized spacial score (nSPS) is 24.1. The predicted molar refractivity (Wildman–Crippen MR) is 132 cm³/mol. The molecule has 0 radical (unpaired) electrons. The van der Waals surface area contributed by atoms with Gasteiger partial charge in [-0.05, 0) is 71.9 Å². The lowest BCUT2D eigenvalue weighted by molar-refractivity contribution is -0.883. The van der Waals surface area contributed by atoms with Crippen molar-refractivity contribution in [1.82, 2.24) is 0 Å². The highest BCUT2D eigenvalue weighted by atomic mass is 79.9. The first-order valence-electron chi connectivity index (χ1n) is 11.1. The second kappa shape index (κ2) is 7.85. The Kier molecular flexibility index (Phi) is 6.39. The number of hydrogen-bond acceptors (Lipinski definition) is 4. The van der Waals surface area contributed by atoms with Gasteiger partial charge in [-0.3, -0.25) is 0 Å². The highest BCUT2D eigenvalue weighted by Gasteiger charge is 2.54. The quantitative estimate of drug-likeness (QED) is 0.357. The number of halogens is 1. The molecule has 5 nitrogen and oxygen atoms in total. The molecule has 2 aliphatic rings. The van der Waals surface area contributed by atoms with Crippen molar-refractivity contribution in [2.24, 2.45) is 0 Å². The van der Waals surface area contributed by atoms with Gasteiger partial charge in [-0.25, -0.2) is 0 Å². The molecule has 0 amide bonds. The molecule has 0 saturated carbocycles. The molecule has 2 saturated heterocycles. The van der Waals surface area contributed by atoms with Crippen LogP contribution in [0.25, 0.3) is 0 Å². The molecule has 0 aromatic heterocycles. The van der Waals surface area contributed by atoms with Gasteiger partial charge in [0.1, 0.15) is 6.54 Å². The van der Waals surface area contributed by atoms with Gasteiger partial charge in [-0.1, -0.05) is 28.1 Å². The Bertz CT molecular complexity index is 817. The number of alkyl halides is 1. The van der Waals surface area contributed by atoms with Crippen LogP contribution in [0.15, 0.2) is 12.1 Å². The van der Waals surface area contributed by atoms with E-state index < -0.39 is 14.2 Å². The van der Waals surface area contributed by atoms with E-state index in [2.05, 4.69) is 105 Å². The maximum atomic E-state index is 6.43. The van der Waals surface area contributed by atoms with Crippen LogP contribution >= 0.6 is 15.9 Å². The van der Waals surface area contributed by atoms with Crippen LogP contribution in [0.1, 0.15) is 66.5 Å². The fraction of sp³-hybridized carbons (Fsp3) is 0.739. The number of quaternary nitrogens is 1. The van der Waals surface area contributed by atoms with Gasteiger partial charge >= 0.3 is 14.2 Å². The molecule has 2 aliphatic heterocycles. The van der Waals surface area contributed by atoms with Crippen LogP contribution < -0.4 is 10.9 Å². The highest BCUT2D eigenvalue weighted by molar-refractivity contribution is 9.08. The summed E-state index contributed by atoms with van der Waals surface area (Å²) in [6, 6.07) is 4.45. The van der Waals surface area contributed by atoms with Crippen LogP contribution in [-0.2, 0) is 30.5 Å². The average Bonchev–Trinajstić information content (AvgIpc) is 2.92. The fourth-order valence-electron chi connectivity index (χ4n) is 3.87. The molecule has 3 rings (SSSR count). The number of hydrogen-bond donors (Lipinski definition) is 0. The van der Waals surface area contributed by atoms with E-state index in [0.29, 0.717) is 5.33 Å². The van der Waals surface area contributed by atoms with Gasteiger partial charge in [0.25, 0.3) is 0 Å². The molecule has 0 atom stereocenters. The van der Waals surface area contributed by atoms with E-state index in [1.165, 1.54) is 5.56 Å². The van der Waals surface area contributed by atoms with E-state index in [1.54, 1.807) is 0 Å². The molecule has 2 fully saturated rings. The maximum absolute atomic E-state index is 6.43. The first kappa shape index (κ1) is 25.3. The Morgan fingerprint density at radius 3 is 1.32 bits per heavy atom. The largest absolute Gasteiger partial charge is 0.495 e. The zero-order chi connectivity index (χ0) is 23.6. The molecule has 0 N–H and O–H groups in total. The van der Waals surface area contributed by atoms with Gasteiger partial charge in [0, 0.05) is 10.9 Å². The van der Waals surface area contributed by atoms with Crippen molar-refractivity contribution in [3.63, 3.8) is 0 Å². The van der Waals surface area contributed by atoms with Crippen molar-refractivity contribution in [2.45, 2.75) is 89.7 Å². The Labute approximate surface area is 198 Å². The monoisotopic (exact) mass is 494 g/mol. The van der Waals surface area contributed by atoms with Gasteiger partial charge in [0.15, 0.2) is 0 Å². The van der Waals surface area contributed by atoms with E-state index in [1.807, 2.05) is 0 Å². The van der Waals surface area contributed by atoms with Crippen LogP contribution in [0.3, 0.4) is 0 Å². The SMILES string of the molecule is CC1(C)OB(c2cc(C[N+](C)(C)C)c(B3OC(C)(C)C(C)(C)O3)cc2CBr)OC1(C)C. The maximum Gasteiger partial charge on any atom is 0.495 e. The molecule has 2 heterocycles. The summed E-state index contributed by atoms with van der Waals surface area (Å²) >= 11 is 3.69. The molecule has 1 aromatic rings. The first-order chi connectivity index (χ1) is 13.9. The summed E-state index contributed by atoms with van der Waals surface area (Å²) in [6.45, 7) is 17.6. The zero-order valence-corrected chi connectivity index (χ0v) is 22.8. The fourth-order valence-corrected chi connectivity index (χ4v) is 4.36. The summed E-state index contributed by atoms with van der Waals surface area (Å²) in [6.07, 6.45) is 0. The second-order valence-corrected chi connectivity index (χ2v) is 12.6. The summed E-state index contributed by atoms with van der Waals surface area (Å²) in [7, 11) is 5.77. The van der Waals surface area contributed by atoms with Gasteiger partial charge in [0.2, 0.25) is 0 Å². The Hall–Kier alpha value is -0.370. The Morgan fingerprint density at radius 1 is 0.677 bits per heavy atom. The van der Waals surface area contributed by atoms with Crippen molar-refractivity contribution in [3.05, 3.63) is 23.3 Å². The van der Waals surface area contributed by atoms with E-state index in [9.17, 15) is 0 Å². The average molecular weight is 495 g/mol. The molecule has 0 bridgehead atoms.